The number of hydrogen-bond acceptors (Lipinski definition) is 3. The largest absolute Gasteiger partial charge is 0.344 e. The molecule has 1 unspecified atom stereocenters. The van der Waals surface area contributed by atoms with Crippen LogP contribution in [0, 0.1) is 0 Å². The molecule has 1 N–H and O–H groups in total. The van der Waals surface area contributed by atoms with Crippen LogP contribution >= 0.6 is 0 Å². The summed E-state index contributed by atoms with van der Waals surface area (Å²) >= 11 is 0. The molecule has 0 saturated carbocycles. The maximum absolute atomic E-state index is 12.5. The van der Waals surface area contributed by atoms with E-state index in [9.17, 15) is 9.59 Å². The fourth-order valence-corrected chi connectivity index (χ4v) is 2.96. The van der Waals surface area contributed by atoms with Gasteiger partial charge in [0.2, 0.25) is 11.8 Å². The quantitative estimate of drug-likeness (QED) is 0.757. The van der Waals surface area contributed by atoms with Gasteiger partial charge in [-0.15, -0.1) is 0 Å². The van der Waals surface area contributed by atoms with Crippen molar-refractivity contribution >= 4 is 11.8 Å². The first-order valence-corrected chi connectivity index (χ1v) is 7.29. The molecule has 0 radical (unpaired) electrons. The van der Waals surface area contributed by atoms with E-state index >= 15 is 0 Å². The van der Waals surface area contributed by atoms with E-state index in [1.807, 2.05) is 4.90 Å². The van der Waals surface area contributed by atoms with Crippen LogP contribution in [0.3, 0.4) is 0 Å². The Hall–Kier alpha value is -1.10. The highest BCUT2D eigenvalue weighted by atomic mass is 16.2. The molecule has 2 saturated heterocycles. The summed E-state index contributed by atoms with van der Waals surface area (Å²) in [6.45, 7) is 5.79. The van der Waals surface area contributed by atoms with Gasteiger partial charge in [-0.3, -0.25) is 14.5 Å². The van der Waals surface area contributed by atoms with E-state index in [1.54, 1.807) is 0 Å². The maximum atomic E-state index is 12.5. The summed E-state index contributed by atoms with van der Waals surface area (Å²) in [5.74, 6) is 0.119. The first kappa shape index (κ1) is 14.3. The van der Waals surface area contributed by atoms with Crippen molar-refractivity contribution in [3.05, 3.63) is 0 Å². The zero-order valence-electron chi connectivity index (χ0n) is 12.2. The van der Waals surface area contributed by atoms with Gasteiger partial charge in [0.1, 0.15) is 6.04 Å². The average molecular weight is 267 g/mol. The van der Waals surface area contributed by atoms with Crippen molar-refractivity contribution in [1.82, 2.24) is 15.1 Å². The monoisotopic (exact) mass is 267 g/mol. The zero-order chi connectivity index (χ0) is 14.0. The average Bonchev–Trinajstić information content (AvgIpc) is 2.59. The number of rotatable bonds is 1. The van der Waals surface area contributed by atoms with E-state index in [-0.39, 0.29) is 17.9 Å². The van der Waals surface area contributed by atoms with Crippen molar-refractivity contribution in [1.29, 1.82) is 0 Å². The van der Waals surface area contributed by atoms with Gasteiger partial charge in [0, 0.05) is 31.6 Å². The Kier molecular flexibility index (Phi) is 4.45. The van der Waals surface area contributed by atoms with Gasteiger partial charge in [-0.05, 0) is 33.7 Å². The molecule has 0 bridgehead atoms. The summed E-state index contributed by atoms with van der Waals surface area (Å²) in [4.78, 5) is 28.3. The molecular weight excluding hydrogens is 242 g/mol. The Balaban J connectivity index is 2.00. The first-order valence-electron chi connectivity index (χ1n) is 7.29. The Morgan fingerprint density at radius 1 is 1.21 bits per heavy atom. The van der Waals surface area contributed by atoms with E-state index in [0.717, 1.165) is 32.4 Å². The van der Waals surface area contributed by atoms with Crippen molar-refractivity contribution < 1.29 is 9.59 Å². The highest BCUT2D eigenvalue weighted by Gasteiger charge is 2.33. The fraction of sp³-hybridized carbons (Fsp3) is 0.857. The molecule has 2 amide bonds. The predicted octanol–water partition coefficient (Wildman–Crippen LogP) is 0.596. The van der Waals surface area contributed by atoms with Gasteiger partial charge in [0.15, 0.2) is 0 Å². The molecule has 5 nitrogen and oxygen atoms in total. The van der Waals surface area contributed by atoms with Crippen LogP contribution in [0.2, 0.25) is 0 Å². The minimum Gasteiger partial charge on any atom is -0.344 e. The van der Waals surface area contributed by atoms with E-state index in [0.29, 0.717) is 18.5 Å². The summed E-state index contributed by atoms with van der Waals surface area (Å²) in [6, 6.07) is 0.432. The van der Waals surface area contributed by atoms with E-state index < -0.39 is 0 Å². The minimum absolute atomic E-state index is 0.0195. The number of carbonyl (C=O) groups is 2. The normalized spacial score (nSPS) is 33.7. The van der Waals surface area contributed by atoms with Crippen molar-refractivity contribution in [2.45, 2.75) is 57.7 Å². The van der Waals surface area contributed by atoms with Crippen molar-refractivity contribution in [2.75, 3.05) is 20.1 Å². The highest BCUT2D eigenvalue weighted by Crippen LogP contribution is 2.17. The third kappa shape index (κ3) is 3.26. The number of nitrogens with zero attached hydrogens (tertiary/aromatic N) is 2. The third-order valence-corrected chi connectivity index (χ3v) is 4.45. The Labute approximate surface area is 115 Å². The molecule has 2 aliphatic heterocycles. The van der Waals surface area contributed by atoms with Crippen molar-refractivity contribution in [2.24, 2.45) is 0 Å². The van der Waals surface area contributed by atoms with E-state index in [4.69, 9.17) is 0 Å². The Morgan fingerprint density at radius 3 is 2.47 bits per heavy atom. The van der Waals surface area contributed by atoms with Gasteiger partial charge in [-0.25, -0.2) is 0 Å². The van der Waals surface area contributed by atoms with Gasteiger partial charge in [0.05, 0.1) is 0 Å². The molecule has 5 heteroatoms. The van der Waals surface area contributed by atoms with Gasteiger partial charge in [-0.1, -0.05) is 6.42 Å². The van der Waals surface area contributed by atoms with E-state index in [2.05, 4.69) is 31.1 Å². The molecule has 0 aromatic heterocycles. The van der Waals surface area contributed by atoms with Gasteiger partial charge in [0.25, 0.3) is 0 Å². The number of amides is 2. The molecule has 2 rings (SSSR count). The van der Waals surface area contributed by atoms with Crippen LogP contribution in [0.4, 0.5) is 0 Å². The SMILES string of the molecule is C[C@@H]1CN(C(=O)C2CCCCC(=O)N2)C[C@H](C)N1C. The second-order valence-corrected chi connectivity index (χ2v) is 5.97. The summed E-state index contributed by atoms with van der Waals surface area (Å²) in [5.41, 5.74) is 0. The van der Waals surface area contributed by atoms with Crippen molar-refractivity contribution in [3.8, 4) is 0 Å². The molecule has 3 atom stereocenters. The second-order valence-electron chi connectivity index (χ2n) is 5.97. The van der Waals surface area contributed by atoms with Crippen LogP contribution in [0.5, 0.6) is 0 Å². The number of likely N-dealkylation sites (N-methyl/N-ethyl adjacent to an activating group) is 1. The molecule has 19 heavy (non-hydrogen) atoms. The Bertz CT molecular complexity index is 347. The van der Waals surface area contributed by atoms with Crippen molar-refractivity contribution in [3.63, 3.8) is 0 Å². The van der Waals surface area contributed by atoms with Crippen LogP contribution in [-0.4, -0.2) is 59.9 Å². The molecule has 2 fully saturated rings. The van der Waals surface area contributed by atoms with Crippen LogP contribution in [0.25, 0.3) is 0 Å². The summed E-state index contributed by atoms with van der Waals surface area (Å²) in [6.07, 6.45) is 3.18. The van der Waals surface area contributed by atoms with Gasteiger partial charge in [-0.2, -0.15) is 0 Å². The molecule has 108 valence electrons. The Morgan fingerprint density at radius 2 is 1.84 bits per heavy atom. The maximum Gasteiger partial charge on any atom is 0.245 e. The second kappa shape index (κ2) is 5.90. The topological polar surface area (TPSA) is 52.7 Å². The summed E-state index contributed by atoms with van der Waals surface area (Å²) in [7, 11) is 2.10. The van der Waals surface area contributed by atoms with Crippen LogP contribution < -0.4 is 5.32 Å². The predicted molar refractivity (Wildman–Crippen MR) is 73.7 cm³/mol. The molecule has 2 heterocycles. The van der Waals surface area contributed by atoms with Gasteiger partial charge < -0.3 is 10.2 Å². The highest BCUT2D eigenvalue weighted by molar-refractivity contribution is 5.88. The lowest BCUT2D eigenvalue weighted by Crippen LogP contribution is -2.59. The number of piperazine rings is 1. The molecule has 0 spiro atoms. The molecule has 0 aromatic rings. The molecule has 0 aromatic carbocycles. The first-order chi connectivity index (χ1) is 8.99. The third-order valence-electron chi connectivity index (χ3n) is 4.45. The summed E-state index contributed by atoms with van der Waals surface area (Å²) in [5, 5.41) is 2.87. The van der Waals surface area contributed by atoms with E-state index in [1.165, 1.54) is 0 Å². The van der Waals surface area contributed by atoms with Crippen LogP contribution in [0.15, 0.2) is 0 Å². The molecular formula is C14H25N3O2. The minimum atomic E-state index is -0.308. The fourth-order valence-electron chi connectivity index (χ4n) is 2.96. The zero-order valence-corrected chi connectivity index (χ0v) is 12.2. The lowest BCUT2D eigenvalue weighted by Gasteiger charge is -2.43. The lowest BCUT2D eigenvalue weighted by molar-refractivity contribution is -0.139. The smallest absolute Gasteiger partial charge is 0.245 e. The number of nitrogens with one attached hydrogen (secondary N) is 1. The number of carbonyl (C=O) groups excluding carboxylic acids is 2. The standard InChI is InChI=1S/C14H25N3O2/c1-10-8-17(9-11(2)16(10)3)14(19)12-6-4-5-7-13(18)15-12/h10-12H,4-9H2,1-3H3,(H,15,18)/t10-,11+,12?. The summed E-state index contributed by atoms with van der Waals surface area (Å²) < 4.78 is 0. The number of hydrogen-bond donors (Lipinski definition) is 1. The van der Waals surface area contributed by atoms with Gasteiger partial charge >= 0.3 is 0 Å². The van der Waals surface area contributed by atoms with Crippen LogP contribution in [0.1, 0.15) is 39.5 Å². The molecule has 0 aliphatic carbocycles. The molecule has 2 aliphatic rings. The van der Waals surface area contributed by atoms with Crippen LogP contribution in [-0.2, 0) is 9.59 Å². The lowest BCUT2D eigenvalue weighted by atomic mass is 10.1.